The Morgan fingerprint density at radius 3 is 2.64 bits per heavy atom. The van der Waals surface area contributed by atoms with Gasteiger partial charge >= 0.3 is 0 Å². The molecule has 2 rings (SSSR count). The minimum Gasteiger partial charge on any atom is -0.496 e. The van der Waals surface area contributed by atoms with E-state index in [1.807, 2.05) is 31.2 Å². The van der Waals surface area contributed by atoms with E-state index < -0.39 is 10.8 Å². The summed E-state index contributed by atoms with van der Waals surface area (Å²) in [5.41, 5.74) is 2.04. The Balaban J connectivity index is 2.20. The van der Waals surface area contributed by atoms with Crippen molar-refractivity contribution >= 4 is 11.6 Å². The Labute approximate surface area is 127 Å². The van der Waals surface area contributed by atoms with E-state index in [0.717, 1.165) is 11.1 Å². The van der Waals surface area contributed by atoms with Crippen LogP contribution in [0.4, 0.5) is 5.69 Å². The number of rotatable bonds is 5. The molecule has 0 aliphatic rings. The van der Waals surface area contributed by atoms with Gasteiger partial charge in [0, 0.05) is 18.7 Å². The number of nitrogens with zero attached hydrogens (tertiary/aromatic N) is 1. The first-order chi connectivity index (χ1) is 10.5. The number of hydrogen-bond acceptors (Lipinski definition) is 4. The van der Waals surface area contributed by atoms with Crippen LogP contribution < -0.4 is 10.1 Å². The molecule has 6 nitrogen and oxygen atoms in total. The molecule has 0 saturated carbocycles. The number of nitro groups is 1. The van der Waals surface area contributed by atoms with Gasteiger partial charge in [0.1, 0.15) is 5.75 Å². The molecule has 0 unspecified atom stereocenters. The Hall–Kier alpha value is -2.89. The molecular weight excluding hydrogens is 284 g/mol. The molecular formula is C16H16N2O4. The zero-order chi connectivity index (χ0) is 16.1. The van der Waals surface area contributed by atoms with Gasteiger partial charge in [0.05, 0.1) is 17.6 Å². The van der Waals surface area contributed by atoms with Crippen LogP contribution in [0.25, 0.3) is 0 Å². The third-order valence-electron chi connectivity index (χ3n) is 3.34. The predicted molar refractivity (Wildman–Crippen MR) is 82.0 cm³/mol. The quantitative estimate of drug-likeness (QED) is 0.680. The van der Waals surface area contributed by atoms with E-state index in [4.69, 9.17) is 4.74 Å². The number of carbonyl (C=O) groups is 1. The summed E-state index contributed by atoms with van der Waals surface area (Å²) in [5.74, 6) is -0.114. The van der Waals surface area contributed by atoms with E-state index in [-0.39, 0.29) is 11.3 Å². The zero-order valence-corrected chi connectivity index (χ0v) is 12.3. The number of carbonyl (C=O) groups excluding carboxylic acids is 1. The fourth-order valence-electron chi connectivity index (χ4n) is 2.07. The maximum absolute atomic E-state index is 12.3. The van der Waals surface area contributed by atoms with Gasteiger partial charge in [-0.25, -0.2) is 0 Å². The second-order valence-electron chi connectivity index (χ2n) is 4.75. The maximum Gasteiger partial charge on any atom is 0.270 e. The molecule has 1 N–H and O–H groups in total. The van der Waals surface area contributed by atoms with Crippen LogP contribution in [0.5, 0.6) is 5.75 Å². The van der Waals surface area contributed by atoms with Crippen LogP contribution in [-0.2, 0) is 6.54 Å². The van der Waals surface area contributed by atoms with Crippen molar-refractivity contribution in [2.45, 2.75) is 13.5 Å². The minimum atomic E-state index is -0.544. The number of ether oxygens (including phenoxy) is 1. The van der Waals surface area contributed by atoms with Gasteiger partial charge in [0.25, 0.3) is 11.6 Å². The van der Waals surface area contributed by atoms with Crippen molar-refractivity contribution in [1.29, 1.82) is 0 Å². The molecule has 0 aliphatic carbocycles. The molecule has 114 valence electrons. The van der Waals surface area contributed by atoms with E-state index in [2.05, 4.69) is 5.32 Å². The van der Waals surface area contributed by atoms with Crippen molar-refractivity contribution in [2.24, 2.45) is 0 Å². The van der Waals surface area contributed by atoms with Crippen LogP contribution in [0.3, 0.4) is 0 Å². The lowest BCUT2D eigenvalue weighted by molar-refractivity contribution is -0.384. The van der Waals surface area contributed by atoms with Gasteiger partial charge in [-0.1, -0.05) is 24.3 Å². The smallest absolute Gasteiger partial charge is 0.270 e. The molecule has 2 aromatic carbocycles. The second-order valence-corrected chi connectivity index (χ2v) is 4.75. The highest BCUT2D eigenvalue weighted by Crippen LogP contribution is 2.24. The van der Waals surface area contributed by atoms with Crippen molar-refractivity contribution in [3.8, 4) is 5.75 Å². The number of nitrogens with one attached hydrogen (secondary N) is 1. The van der Waals surface area contributed by atoms with E-state index in [9.17, 15) is 14.9 Å². The third-order valence-corrected chi connectivity index (χ3v) is 3.34. The van der Waals surface area contributed by atoms with Gasteiger partial charge in [-0.15, -0.1) is 0 Å². The second kappa shape index (κ2) is 6.71. The van der Waals surface area contributed by atoms with Crippen LogP contribution in [0.15, 0.2) is 42.5 Å². The van der Waals surface area contributed by atoms with E-state index in [0.29, 0.717) is 12.3 Å². The molecule has 6 heteroatoms. The molecule has 0 spiro atoms. The molecule has 0 aliphatic heterocycles. The summed E-state index contributed by atoms with van der Waals surface area (Å²) < 4.78 is 5.09. The predicted octanol–water partition coefficient (Wildman–Crippen LogP) is 2.84. The minimum absolute atomic E-state index is 0.144. The van der Waals surface area contributed by atoms with Crippen molar-refractivity contribution in [3.63, 3.8) is 0 Å². The third kappa shape index (κ3) is 3.41. The van der Waals surface area contributed by atoms with E-state index in [1.54, 1.807) is 0 Å². The average molecular weight is 300 g/mol. The molecule has 1 amide bonds. The molecule has 0 aromatic heterocycles. The summed E-state index contributed by atoms with van der Waals surface area (Å²) in [4.78, 5) is 22.6. The number of aryl methyl sites for hydroxylation is 1. The number of non-ortho nitro benzene ring substituents is 1. The van der Waals surface area contributed by atoms with Gasteiger partial charge in [-0.05, 0) is 24.1 Å². The van der Waals surface area contributed by atoms with Crippen molar-refractivity contribution in [2.75, 3.05) is 7.11 Å². The zero-order valence-electron chi connectivity index (χ0n) is 12.3. The van der Waals surface area contributed by atoms with E-state index >= 15 is 0 Å². The number of nitro benzene ring substituents is 1. The Morgan fingerprint density at radius 1 is 1.27 bits per heavy atom. The van der Waals surface area contributed by atoms with Crippen LogP contribution in [0.2, 0.25) is 0 Å². The van der Waals surface area contributed by atoms with Crippen LogP contribution >= 0.6 is 0 Å². The van der Waals surface area contributed by atoms with Gasteiger partial charge < -0.3 is 10.1 Å². The van der Waals surface area contributed by atoms with Crippen LogP contribution in [0.1, 0.15) is 21.5 Å². The summed E-state index contributed by atoms with van der Waals surface area (Å²) in [6.45, 7) is 2.30. The number of amides is 1. The summed E-state index contributed by atoms with van der Waals surface area (Å²) in [6, 6.07) is 11.6. The molecule has 0 bridgehead atoms. The molecule has 0 heterocycles. The fourth-order valence-corrected chi connectivity index (χ4v) is 2.07. The summed E-state index contributed by atoms with van der Waals surface area (Å²) in [7, 11) is 1.42. The molecule has 0 atom stereocenters. The van der Waals surface area contributed by atoms with Crippen molar-refractivity contribution in [1.82, 2.24) is 5.32 Å². The van der Waals surface area contributed by atoms with Gasteiger partial charge in [-0.3, -0.25) is 14.9 Å². The Bertz CT molecular complexity index is 713. The molecule has 22 heavy (non-hydrogen) atoms. The largest absolute Gasteiger partial charge is 0.496 e. The highest BCUT2D eigenvalue weighted by atomic mass is 16.6. The van der Waals surface area contributed by atoms with Crippen molar-refractivity contribution in [3.05, 3.63) is 69.3 Å². The number of hydrogen-bond donors (Lipinski definition) is 1. The summed E-state index contributed by atoms with van der Waals surface area (Å²) in [5, 5.41) is 13.6. The highest BCUT2D eigenvalue weighted by Gasteiger charge is 2.17. The maximum atomic E-state index is 12.3. The molecule has 0 saturated heterocycles. The normalized spacial score (nSPS) is 10.1. The topological polar surface area (TPSA) is 81.5 Å². The lowest BCUT2D eigenvalue weighted by Crippen LogP contribution is -2.23. The Kier molecular flexibility index (Phi) is 4.73. The van der Waals surface area contributed by atoms with Crippen LogP contribution in [0, 0.1) is 17.0 Å². The fraction of sp³-hybridized carbons (Fsp3) is 0.188. The van der Waals surface area contributed by atoms with E-state index in [1.165, 1.54) is 25.3 Å². The van der Waals surface area contributed by atoms with Gasteiger partial charge in [0.2, 0.25) is 0 Å². The SMILES string of the molecule is COc1ccc([N+](=O)[O-])cc1C(=O)NCc1ccccc1C. The summed E-state index contributed by atoms with van der Waals surface area (Å²) >= 11 is 0. The number of benzene rings is 2. The molecule has 2 aromatic rings. The van der Waals surface area contributed by atoms with Crippen molar-refractivity contribution < 1.29 is 14.5 Å². The van der Waals surface area contributed by atoms with Crippen LogP contribution in [-0.4, -0.2) is 17.9 Å². The standard InChI is InChI=1S/C16H16N2O4/c1-11-5-3-4-6-12(11)10-17-16(19)14-9-13(18(20)21)7-8-15(14)22-2/h3-9H,10H2,1-2H3,(H,17,19). The first-order valence-electron chi connectivity index (χ1n) is 6.68. The first-order valence-corrected chi connectivity index (χ1v) is 6.68. The average Bonchev–Trinajstić information content (AvgIpc) is 2.53. The first kappa shape index (κ1) is 15.5. The lowest BCUT2D eigenvalue weighted by Gasteiger charge is -2.10. The summed E-state index contributed by atoms with van der Waals surface area (Å²) in [6.07, 6.45) is 0. The molecule has 0 fully saturated rings. The van der Waals surface area contributed by atoms with Gasteiger partial charge in [-0.2, -0.15) is 0 Å². The Morgan fingerprint density at radius 2 is 2.00 bits per heavy atom. The highest BCUT2D eigenvalue weighted by molar-refractivity contribution is 5.97. The van der Waals surface area contributed by atoms with Gasteiger partial charge in [0.15, 0.2) is 0 Å². The monoisotopic (exact) mass is 300 g/mol. The lowest BCUT2D eigenvalue weighted by atomic mass is 10.1. The number of methoxy groups -OCH3 is 1. The molecule has 0 radical (unpaired) electrons.